The van der Waals surface area contributed by atoms with Crippen molar-refractivity contribution in [1.29, 1.82) is 0 Å². The molecule has 0 aliphatic heterocycles. The standard InChI is InChI=1S/C18H14F3IN6O/c1-10(14-15(24-8-7-23-14)16-25-5-2-6-26-16)27-17(29)28-13-4-3-11(9-12(13)22)18(19,20)21/h2-10H,1H3,(H2,27,28,29). The van der Waals surface area contributed by atoms with Crippen LogP contribution in [-0.4, -0.2) is 26.0 Å². The Kier molecular flexibility index (Phi) is 6.25. The van der Waals surface area contributed by atoms with Gasteiger partial charge in [-0.2, -0.15) is 13.2 Å². The van der Waals surface area contributed by atoms with Gasteiger partial charge >= 0.3 is 12.2 Å². The lowest BCUT2D eigenvalue weighted by atomic mass is 10.1. The van der Waals surface area contributed by atoms with Crippen LogP contribution in [0.15, 0.2) is 49.1 Å². The zero-order valence-electron chi connectivity index (χ0n) is 14.9. The summed E-state index contributed by atoms with van der Waals surface area (Å²) in [7, 11) is 0. The fourth-order valence-electron chi connectivity index (χ4n) is 2.48. The van der Waals surface area contributed by atoms with Crippen LogP contribution in [0.2, 0.25) is 0 Å². The third-order valence-corrected chi connectivity index (χ3v) is 4.70. The predicted octanol–water partition coefficient (Wildman–Crippen LogP) is 4.44. The summed E-state index contributed by atoms with van der Waals surface area (Å²) in [5.74, 6) is 0.363. The first-order chi connectivity index (χ1) is 13.8. The molecular weight excluding hydrogens is 500 g/mol. The van der Waals surface area contributed by atoms with Crippen LogP contribution in [-0.2, 0) is 6.18 Å². The maximum atomic E-state index is 12.8. The molecular formula is C18H14F3IN6O. The van der Waals surface area contributed by atoms with Gasteiger partial charge in [0.15, 0.2) is 5.82 Å². The normalized spacial score (nSPS) is 12.3. The molecule has 0 spiro atoms. The first-order valence-corrected chi connectivity index (χ1v) is 9.36. The summed E-state index contributed by atoms with van der Waals surface area (Å²) in [4.78, 5) is 29.1. The molecule has 0 aliphatic rings. The average molecular weight is 514 g/mol. The largest absolute Gasteiger partial charge is 0.416 e. The summed E-state index contributed by atoms with van der Waals surface area (Å²) in [6.45, 7) is 1.70. The van der Waals surface area contributed by atoms with Crippen molar-refractivity contribution < 1.29 is 18.0 Å². The lowest BCUT2D eigenvalue weighted by Crippen LogP contribution is -2.32. The minimum Gasteiger partial charge on any atom is -0.330 e. The summed E-state index contributed by atoms with van der Waals surface area (Å²) in [5, 5.41) is 5.24. The number of carbonyl (C=O) groups excluding carboxylic acids is 1. The molecule has 2 aromatic heterocycles. The summed E-state index contributed by atoms with van der Waals surface area (Å²) >= 11 is 1.74. The van der Waals surface area contributed by atoms with Crippen LogP contribution in [0.25, 0.3) is 11.5 Å². The average Bonchev–Trinajstić information content (AvgIpc) is 2.69. The molecule has 1 aromatic carbocycles. The van der Waals surface area contributed by atoms with Crippen molar-refractivity contribution in [2.24, 2.45) is 0 Å². The second-order valence-corrected chi connectivity index (χ2v) is 7.04. The molecule has 3 rings (SSSR count). The maximum Gasteiger partial charge on any atom is 0.416 e. The van der Waals surface area contributed by atoms with E-state index in [4.69, 9.17) is 0 Å². The lowest BCUT2D eigenvalue weighted by molar-refractivity contribution is -0.137. The second-order valence-electron chi connectivity index (χ2n) is 5.88. The van der Waals surface area contributed by atoms with Crippen molar-refractivity contribution in [3.63, 3.8) is 0 Å². The summed E-state index contributed by atoms with van der Waals surface area (Å²) in [6, 6.07) is 3.60. The van der Waals surface area contributed by atoms with E-state index in [1.165, 1.54) is 18.5 Å². The monoisotopic (exact) mass is 514 g/mol. The number of anilines is 1. The Balaban J connectivity index is 1.74. The molecule has 1 atom stereocenters. The molecule has 11 heteroatoms. The Morgan fingerprint density at radius 2 is 1.76 bits per heavy atom. The number of hydrogen-bond donors (Lipinski definition) is 2. The first-order valence-electron chi connectivity index (χ1n) is 8.28. The number of amides is 2. The van der Waals surface area contributed by atoms with Crippen LogP contribution in [0.4, 0.5) is 23.7 Å². The van der Waals surface area contributed by atoms with Crippen molar-refractivity contribution in [3.05, 3.63) is 63.9 Å². The number of alkyl halides is 3. The van der Waals surface area contributed by atoms with Crippen LogP contribution in [0, 0.1) is 3.57 Å². The van der Waals surface area contributed by atoms with Gasteiger partial charge in [0.25, 0.3) is 0 Å². The number of nitrogens with one attached hydrogen (secondary N) is 2. The summed E-state index contributed by atoms with van der Waals surface area (Å²) in [5.41, 5.74) is 0.350. The zero-order valence-corrected chi connectivity index (χ0v) is 17.1. The zero-order chi connectivity index (χ0) is 21.0. The van der Waals surface area contributed by atoms with E-state index in [0.29, 0.717) is 17.2 Å². The van der Waals surface area contributed by atoms with Crippen molar-refractivity contribution in [2.45, 2.75) is 19.1 Å². The van der Waals surface area contributed by atoms with E-state index in [9.17, 15) is 18.0 Å². The van der Waals surface area contributed by atoms with Crippen LogP contribution >= 0.6 is 22.6 Å². The Morgan fingerprint density at radius 3 is 2.41 bits per heavy atom. The number of hydrogen-bond acceptors (Lipinski definition) is 5. The van der Waals surface area contributed by atoms with E-state index in [1.807, 2.05) is 0 Å². The minimum atomic E-state index is -4.45. The highest BCUT2D eigenvalue weighted by atomic mass is 127. The Morgan fingerprint density at radius 1 is 1.07 bits per heavy atom. The fraction of sp³-hybridized carbons (Fsp3) is 0.167. The molecule has 2 N–H and O–H groups in total. The molecule has 0 bridgehead atoms. The van der Waals surface area contributed by atoms with Crippen molar-refractivity contribution in [2.75, 3.05) is 5.32 Å². The lowest BCUT2D eigenvalue weighted by Gasteiger charge is -2.17. The molecule has 0 fully saturated rings. The van der Waals surface area contributed by atoms with Crippen LogP contribution in [0.3, 0.4) is 0 Å². The van der Waals surface area contributed by atoms with Crippen molar-refractivity contribution in [3.8, 4) is 11.5 Å². The third kappa shape index (κ3) is 5.16. The number of rotatable bonds is 4. The van der Waals surface area contributed by atoms with Gasteiger partial charge in [-0.25, -0.2) is 19.7 Å². The molecule has 0 saturated heterocycles. The highest BCUT2D eigenvalue weighted by molar-refractivity contribution is 14.1. The van der Waals surface area contributed by atoms with E-state index < -0.39 is 23.8 Å². The molecule has 2 heterocycles. The molecule has 0 saturated carbocycles. The maximum absolute atomic E-state index is 12.8. The van der Waals surface area contributed by atoms with Crippen molar-refractivity contribution >= 4 is 34.3 Å². The number of nitrogens with zero attached hydrogens (tertiary/aromatic N) is 4. The molecule has 7 nitrogen and oxygen atoms in total. The van der Waals surface area contributed by atoms with Gasteiger partial charge in [-0.1, -0.05) is 0 Å². The minimum absolute atomic E-state index is 0.258. The Bertz CT molecular complexity index is 1020. The van der Waals surface area contributed by atoms with Gasteiger partial charge in [0.1, 0.15) is 5.69 Å². The molecule has 150 valence electrons. The van der Waals surface area contributed by atoms with E-state index in [-0.39, 0.29) is 9.26 Å². The fourth-order valence-corrected chi connectivity index (χ4v) is 3.13. The summed E-state index contributed by atoms with van der Waals surface area (Å²) < 4.78 is 38.6. The van der Waals surface area contributed by atoms with E-state index in [0.717, 1.165) is 12.1 Å². The van der Waals surface area contributed by atoms with Crippen LogP contribution in [0.5, 0.6) is 0 Å². The molecule has 1 unspecified atom stereocenters. The molecule has 2 amide bonds. The predicted molar refractivity (Wildman–Crippen MR) is 108 cm³/mol. The van der Waals surface area contributed by atoms with E-state index in [1.54, 1.807) is 48.0 Å². The van der Waals surface area contributed by atoms with Gasteiger partial charge in [-0.05, 0) is 53.8 Å². The van der Waals surface area contributed by atoms with E-state index in [2.05, 4.69) is 30.6 Å². The number of halogens is 4. The van der Waals surface area contributed by atoms with Gasteiger partial charge in [0.2, 0.25) is 0 Å². The number of carbonyl (C=O) groups is 1. The SMILES string of the molecule is CC(NC(=O)Nc1ccc(C(F)(F)F)cc1I)c1nccnc1-c1ncccn1. The Hall–Kier alpha value is -2.83. The summed E-state index contributed by atoms with van der Waals surface area (Å²) in [6.07, 6.45) is 1.66. The van der Waals surface area contributed by atoms with E-state index >= 15 is 0 Å². The Labute approximate surface area is 177 Å². The smallest absolute Gasteiger partial charge is 0.330 e. The number of aromatic nitrogens is 4. The van der Waals surface area contributed by atoms with Gasteiger partial charge in [-0.15, -0.1) is 0 Å². The van der Waals surface area contributed by atoms with Gasteiger partial charge in [0.05, 0.1) is 23.0 Å². The molecule has 0 radical (unpaired) electrons. The van der Waals surface area contributed by atoms with Gasteiger partial charge in [0, 0.05) is 28.4 Å². The molecule has 29 heavy (non-hydrogen) atoms. The number of urea groups is 1. The van der Waals surface area contributed by atoms with Gasteiger partial charge < -0.3 is 10.6 Å². The molecule has 0 aliphatic carbocycles. The van der Waals surface area contributed by atoms with Crippen LogP contribution in [0.1, 0.15) is 24.2 Å². The highest BCUT2D eigenvalue weighted by Crippen LogP contribution is 2.32. The van der Waals surface area contributed by atoms with Crippen molar-refractivity contribution in [1.82, 2.24) is 25.3 Å². The van der Waals surface area contributed by atoms with Crippen LogP contribution < -0.4 is 10.6 Å². The van der Waals surface area contributed by atoms with Gasteiger partial charge in [-0.3, -0.25) is 4.98 Å². The quantitative estimate of drug-likeness (QED) is 0.503. The topological polar surface area (TPSA) is 92.7 Å². The number of benzene rings is 1. The second kappa shape index (κ2) is 8.68. The first kappa shape index (κ1) is 20.9. The highest BCUT2D eigenvalue weighted by Gasteiger charge is 2.31. The molecule has 3 aromatic rings. The third-order valence-electron chi connectivity index (χ3n) is 3.81.